The Morgan fingerprint density at radius 3 is 2.33 bits per heavy atom. The van der Waals surface area contributed by atoms with Gasteiger partial charge in [0.05, 0.1) is 21.4 Å². The Kier molecular flexibility index (Phi) is 2.76. The highest BCUT2D eigenvalue weighted by molar-refractivity contribution is 9.10. The molecule has 0 atom stereocenters. The molecule has 2 nitrogen and oxygen atoms in total. The molecule has 0 radical (unpaired) electrons. The first-order valence-electron chi connectivity index (χ1n) is 5.66. The number of hydrogen-bond donors (Lipinski definition) is 1. The first kappa shape index (κ1) is 11.2. The summed E-state index contributed by atoms with van der Waals surface area (Å²) in [6.45, 7) is 0. The van der Waals surface area contributed by atoms with Crippen LogP contribution >= 0.6 is 15.9 Å². The van der Waals surface area contributed by atoms with Crippen LogP contribution in [0.5, 0.6) is 0 Å². The van der Waals surface area contributed by atoms with Crippen LogP contribution in [-0.2, 0) is 0 Å². The molecule has 0 amide bonds. The molecule has 1 aromatic heterocycles. The lowest BCUT2D eigenvalue weighted by Crippen LogP contribution is -1.95. The van der Waals surface area contributed by atoms with Crippen LogP contribution in [0.4, 0.5) is 5.69 Å². The first-order chi connectivity index (χ1) is 8.77. The van der Waals surface area contributed by atoms with Crippen molar-refractivity contribution in [3.05, 3.63) is 59.1 Å². The van der Waals surface area contributed by atoms with Gasteiger partial charge in [0.25, 0.3) is 0 Å². The van der Waals surface area contributed by atoms with Gasteiger partial charge in [-0.05, 0) is 22.0 Å². The van der Waals surface area contributed by atoms with E-state index in [0.29, 0.717) is 0 Å². The summed E-state index contributed by atoms with van der Waals surface area (Å²) < 4.78 is 0.854. The molecule has 0 aliphatic carbocycles. The van der Waals surface area contributed by atoms with Crippen LogP contribution in [0.15, 0.2) is 59.1 Å². The fraction of sp³-hybridized carbons (Fsp3) is 0. The number of nitrogens with zero attached hydrogens (tertiary/aromatic N) is 1. The van der Waals surface area contributed by atoms with E-state index in [1.807, 2.05) is 54.6 Å². The summed E-state index contributed by atoms with van der Waals surface area (Å²) in [5.41, 5.74) is 9.76. The van der Waals surface area contributed by atoms with E-state index in [4.69, 9.17) is 5.73 Å². The van der Waals surface area contributed by atoms with Gasteiger partial charge in [0.15, 0.2) is 0 Å². The minimum atomic E-state index is 0.736. The second-order valence-electron chi connectivity index (χ2n) is 4.07. The van der Waals surface area contributed by atoms with E-state index in [1.165, 1.54) is 0 Å². The van der Waals surface area contributed by atoms with Gasteiger partial charge in [0.1, 0.15) is 0 Å². The lowest BCUT2D eigenvalue weighted by atomic mass is 10.1. The molecule has 0 unspecified atom stereocenters. The maximum Gasteiger partial charge on any atom is 0.0872 e. The number of hydrogen-bond acceptors (Lipinski definition) is 2. The number of nitrogens with two attached hydrogens (primary N) is 1. The number of nitrogen functional groups attached to an aromatic ring is 1. The molecule has 0 saturated carbocycles. The standard InChI is InChI=1S/C15H11BrN2/c16-13-14(17)11-8-4-5-9-12(11)18-15(13)10-6-2-1-3-7-10/h1-9H,(H2,17,18). The van der Waals surface area contributed by atoms with Crippen LogP contribution in [0.1, 0.15) is 0 Å². The van der Waals surface area contributed by atoms with Crippen LogP contribution in [-0.4, -0.2) is 4.98 Å². The third-order valence-corrected chi connectivity index (χ3v) is 3.72. The van der Waals surface area contributed by atoms with E-state index in [0.717, 1.165) is 32.3 Å². The highest BCUT2D eigenvalue weighted by atomic mass is 79.9. The van der Waals surface area contributed by atoms with Crippen molar-refractivity contribution < 1.29 is 0 Å². The van der Waals surface area contributed by atoms with Gasteiger partial charge < -0.3 is 5.73 Å². The Hall–Kier alpha value is -1.87. The Morgan fingerprint density at radius 1 is 0.889 bits per heavy atom. The van der Waals surface area contributed by atoms with Gasteiger partial charge in [-0.2, -0.15) is 0 Å². The smallest absolute Gasteiger partial charge is 0.0872 e. The number of anilines is 1. The first-order valence-corrected chi connectivity index (χ1v) is 6.46. The van der Waals surface area contributed by atoms with Crippen LogP contribution in [0.2, 0.25) is 0 Å². The van der Waals surface area contributed by atoms with Crippen LogP contribution in [0, 0.1) is 0 Å². The zero-order chi connectivity index (χ0) is 12.5. The lowest BCUT2D eigenvalue weighted by Gasteiger charge is -2.10. The normalized spacial score (nSPS) is 10.7. The van der Waals surface area contributed by atoms with Crippen molar-refractivity contribution in [2.75, 3.05) is 5.73 Å². The molecule has 0 bridgehead atoms. The minimum Gasteiger partial charge on any atom is -0.397 e. The summed E-state index contributed by atoms with van der Waals surface area (Å²) in [4.78, 5) is 4.68. The molecule has 3 heteroatoms. The third-order valence-electron chi connectivity index (χ3n) is 2.92. The predicted molar refractivity (Wildman–Crippen MR) is 79.3 cm³/mol. The number of fused-ring (bicyclic) bond motifs is 1. The van der Waals surface area contributed by atoms with Crippen molar-refractivity contribution >= 4 is 32.5 Å². The van der Waals surface area contributed by atoms with Gasteiger partial charge in [-0.3, -0.25) is 0 Å². The largest absolute Gasteiger partial charge is 0.397 e. The molecule has 3 rings (SSSR count). The highest BCUT2D eigenvalue weighted by Crippen LogP contribution is 2.35. The molecule has 0 aliphatic heterocycles. The second kappa shape index (κ2) is 4.42. The van der Waals surface area contributed by atoms with E-state index >= 15 is 0 Å². The van der Waals surface area contributed by atoms with Crippen molar-refractivity contribution in [3.63, 3.8) is 0 Å². The molecule has 2 N–H and O–H groups in total. The zero-order valence-electron chi connectivity index (χ0n) is 9.60. The number of halogens is 1. The second-order valence-corrected chi connectivity index (χ2v) is 4.86. The van der Waals surface area contributed by atoms with Crippen molar-refractivity contribution in [1.29, 1.82) is 0 Å². The maximum absolute atomic E-state index is 6.17. The van der Waals surface area contributed by atoms with E-state index in [1.54, 1.807) is 0 Å². The molecule has 0 fully saturated rings. The van der Waals surface area contributed by atoms with Crippen LogP contribution in [0.3, 0.4) is 0 Å². The number of benzene rings is 2. The van der Waals surface area contributed by atoms with Crippen molar-refractivity contribution in [2.24, 2.45) is 0 Å². The average Bonchev–Trinajstić information content (AvgIpc) is 2.44. The summed E-state index contributed by atoms with van der Waals surface area (Å²) >= 11 is 3.55. The quantitative estimate of drug-likeness (QED) is 0.729. The fourth-order valence-electron chi connectivity index (χ4n) is 2.00. The topological polar surface area (TPSA) is 38.9 Å². The molecular weight excluding hydrogens is 288 g/mol. The summed E-state index contributed by atoms with van der Waals surface area (Å²) in [5, 5.41) is 0.976. The van der Waals surface area contributed by atoms with Crippen LogP contribution < -0.4 is 5.73 Å². The Labute approximate surface area is 114 Å². The molecule has 2 aromatic carbocycles. The van der Waals surface area contributed by atoms with Crippen molar-refractivity contribution in [1.82, 2.24) is 4.98 Å². The summed E-state index contributed by atoms with van der Waals surface area (Å²) in [6, 6.07) is 17.9. The maximum atomic E-state index is 6.17. The average molecular weight is 299 g/mol. The summed E-state index contributed by atoms with van der Waals surface area (Å²) in [7, 11) is 0. The molecule has 0 spiro atoms. The molecule has 0 saturated heterocycles. The summed E-state index contributed by atoms with van der Waals surface area (Å²) in [6.07, 6.45) is 0. The Balaban J connectivity index is 2.34. The van der Waals surface area contributed by atoms with Gasteiger partial charge >= 0.3 is 0 Å². The van der Waals surface area contributed by atoms with Gasteiger partial charge in [-0.15, -0.1) is 0 Å². The molecule has 88 valence electrons. The van der Waals surface area contributed by atoms with Crippen LogP contribution in [0.25, 0.3) is 22.2 Å². The number of pyridine rings is 1. The van der Waals surface area contributed by atoms with Gasteiger partial charge in [-0.1, -0.05) is 48.5 Å². The number of para-hydroxylation sites is 1. The van der Waals surface area contributed by atoms with Gasteiger partial charge in [0, 0.05) is 10.9 Å². The number of rotatable bonds is 1. The lowest BCUT2D eigenvalue weighted by molar-refractivity contribution is 1.38. The molecule has 0 aliphatic rings. The van der Waals surface area contributed by atoms with Gasteiger partial charge in [0.2, 0.25) is 0 Å². The monoisotopic (exact) mass is 298 g/mol. The van der Waals surface area contributed by atoms with E-state index in [-0.39, 0.29) is 0 Å². The van der Waals surface area contributed by atoms with Crippen molar-refractivity contribution in [3.8, 4) is 11.3 Å². The Bertz CT molecular complexity index is 708. The Morgan fingerprint density at radius 2 is 1.56 bits per heavy atom. The fourth-order valence-corrected chi connectivity index (χ4v) is 2.53. The summed E-state index contributed by atoms with van der Waals surface area (Å²) in [5.74, 6) is 0. The van der Waals surface area contributed by atoms with E-state index in [2.05, 4.69) is 20.9 Å². The van der Waals surface area contributed by atoms with Crippen molar-refractivity contribution in [2.45, 2.75) is 0 Å². The predicted octanol–water partition coefficient (Wildman–Crippen LogP) is 4.25. The van der Waals surface area contributed by atoms with E-state index < -0.39 is 0 Å². The SMILES string of the molecule is Nc1c(Br)c(-c2ccccc2)nc2ccccc12. The van der Waals surface area contributed by atoms with E-state index in [9.17, 15) is 0 Å². The molecule has 1 heterocycles. The van der Waals surface area contributed by atoms with Gasteiger partial charge in [-0.25, -0.2) is 4.98 Å². The molecular formula is C15H11BrN2. The third kappa shape index (κ3) is 1.77. The highest BCUT2D eigenvalue weighted by Gasteiger charge is 2.11. The molecule has 3 aromatic rings. The number of aromatic nitrogens is 1. The minimum absolute atomic E-state index is 0.736. The molecule has 18 heavy (non-hydrogen) atoms. The zero-order valence-corrected chi connectivity index (χ0v) is 11.2.